The summed E-state index contributed by atoms with van der Waals surface area (Å²) in [5.74, 6) is -1.13. The average molecular weight is 485 g/mol. The number of esters is 1. The lowest BCUT2D eigenvalue weighted by Crippen LogP contribution is -2.36. The van der Waals surface area contributed by atoms with Gasteiger partial charge in [0.2, 0.25) is 5.91 Å². The summed E-state index contributed by atoms with van der Waals surface area (Å²) in [4.78, 5) is 50.4. The zero-order chi connectivity index (χ0) is 24.8. The first-order valence-electron chi connectivity index (χ1n) is 10.2. The van der Waals surface area contributed by atoms with E-state index < -0.39 is 29.6 Å². The van der Waals surface area contributed by atoms with Gasteiger partial charge in [0.05, 0.1) is 19.1 Å². The number of carbonyl (C=O) groups excluding carboxylic acids is 4. The second-order valence-electron chi connectivity index (χ2n) is 7.38. The first kappa shape index (κ1) is 24.8. The van der Waals surface area contributed by atoms with Gasteiger partial charge in [-0.15, -0.1) is 0 Å². The van der Waals surface area contributed by atoms with Gasteiger partial charge in [-0.05, 0) is 49.4 Å². The summed E-state index contributed by atoms with van der Waals surface area (Å²) >= 11 is 0.712. The third-order valence-electron chi connectivity index (χ3n) is 4.91. The maximum atomic E-state index is 12.9. The summed E-state index contributed by atoms with van der Waals surface area (Å²) in [7, 11) is 2.67. The zero-order valence-corrected chi connectivity index (χ0v) is 20.0. The number of rotatable bonds is 8. The van der Waals surface area contributed by atoms with Gasteiger partial charge >= 0.3 is 5.97 Å². The lowest BCUT2D eigenvalue weighted by Gasteiger charge is -2.14. The maximum absolute atomic E-state index is 12.9. The molecule has 0 radical (unpaired) electrons. The van der Waals surface area contributed by atoms with Crippen molar-refractivity contribution in [2.45, 2.75) is 13.8 Å². The summed E-state index contributed by atoms with van der Waals surface area (Å²) in [6.45, 7) is 3.02. The van der Waals surface area contributed by atoms with E-state index in [0.29, 0.717) is 28.8 Å². The van der Waals surface area contributed by atoms with E-state index in [1.165, 1.54) is 20.3 Å². The van der Waals surface area contributed by atoms with E-state index in [9.17, 15) is 19.2 Å². The molecule has 0 saturated carbocycles. The molecule has 3 rings (SSSR count). The molecule has 0 unspecified atom stereocenters. The molecule has 34 heavy (non-hydrogen) atoms. The predicted octanol–water partition coefficient (Wildman–Crippen LogP) is 3.54. The minimum Gasteiger partial charge on any atom is -0.493 e. The highest BCUT2D eigenvalue weighted by Crippen LogP contribution is 2.37. The molecule has 2 aromatic carbocycles. The van der Waals surface area contributed by atoms with Gasteiger partial charge in [-0.3, -0.25) is 19.3 Å². The maximum Gasteiger partial charge on any atom is 0.343 e. The molecule has 178 valence electrons. The Balaban J connectivity index is 1.78. The van der Waals surface area contributed by atoms with Gasteiger partial charge in [-0.25, -0.2) is 4.79 Å². The second kappa shape index (κ2) is 10.9. The largest absolute Gasteiger partial charge is 0.493 e. The summed E-state index contributed by atoms with van der Waals surface area (Å²) in [6.07, 6.45) is 1.46. The molecule has 0 aliphatic carbocycles. The van der Waals surface area contributed by atoms with Crippen LogP contribution in [0.3, 0.4) is 0 Å². The molecule has 1 fully saturated rings. The van der Waals surface area contributed by atoms with Gasteiger partial charge in [0, 0.05) is 11.3 Å². The molecular weight excluding hydrogens is 460 g/mol. The van der Waals surface area contributed by atoms with Gasteiger partial charge in [-0.2, -0.15) is 0 Å². The van der Waals surface area contributed by atoms with Crippen LogP contribution < -0.4 is 14.8 Å². The minimum atomic E-state index is -0.604. The van der Waals surface area contributed by atoms with E-state index >= 15 is 0 Å². The van der Waals surface area contributed by atoms with Gasteiger partial charge in [-0.1, -0.05) is 29.8 Å². The molecule has 0 spiro atoms. The van der Waals surface area contributed by atoms with E-state index in [2.05, 4.69) is 10.1 Å². The number of para-hydroxylation sites is 1. The minimum absolute atomic E-state index is 0.112. The molecule has 1 heterocycles. The number of aryl methyl sites for hydroxylation is 2. The molecule has 0 bridgehead atoms. The number of anilines is 1. The topological polar surface area (TPSA) is 111 Å². The molecule has 1 N–H and O–H groups in total. The number of hydrogen-bond donors (Lipinski definition) is 1. The van der Waals surface area contributed by atoms with E-state index in [4.69, 9.17) is 9.47 Å². The highest BCUT2D eigenvalue weighted by Gasteiger charge is 2.36. The quantitative estimate of drug-likeness (QED) is 0.447. The highest BCUT2D eigenvalue weighted by molar-refractivity contribution is 8.18. The number of benzene rings is 2. The molecular formula is C24H24N2O7S. The normalized spacial score (nSPS) is 14.4. The molecule has 9 nitrogen and oxygen atoms in total. The molecule has 10 heteroatoms. The Hall–Kier alpha value is -3.79. The smallest absolute Gasteiger partial charge is 0.343 e. The van der Waals surface area contributed by atoms with Crippen molar-refractivity contribution in [3.63, 3.8) is 0 Å². The average Bonchev–Trinajstić information content (AvgIpc) is 3.06. The highest BCUT2D eigenvalue weighted by atomic mass is 32.2. The lowest BCUT2D eigenvalue weighted by atomic mass is 10.1. The SMILES string of the molecule is COC(=O)COc1c(/C=C2/SC(=O)N(CC(=O)Nc3ccc(C)cc3C)C2=O)cccc1OC. The van der Waals surface area contributed by atoms with Crippen LogP contribution in [0, 0.1) is 13.8 Å². The second-order valence-corrected chi connectivity index (χ2v) is 8.37. The molecule has 2 aromatic rings. The Morgan fingerprint density at radius 3 is 2.56 bits per heavy atom. The number of imide groups is 1. The van der Waals surface area contributed by atoms with E-state index in [-0.39, 0.29) is 17.3 Å². The monoisotopic (exact) mass is 484 g/mol. The summed E-state index contributed by atoms with van der Waals surface area (Å²) < 4.78 is 15.4. The number of nitrogens with zero attached hydrogens (tertiary/aromatic N) is 1. The Bertz CT molecular complexity index is 1180. The number of nitrogens with one attached hydrogen (secondary N) is 1. The number of methoxy groups -OCH3 is 2. The van der Waals surface area contributed by atoms with Gasteiger partial charge in [0.15, 0.2) is 18.1 Å². The van der Waals surface area contributed by atoms with Crippen LogP contribution in [-0.2, 0) is 19.1 Å². The number of carbonyl (C=O) groups is 4. The zero-order valence-electron chi connectivity index (χ0n) is 19.2. The third-order valence-corrected chi connectivity index (χ3v) is 5.82. The van der Waals surface area contributed by atoms with Crippen LogP contribution in [0.25, 0.3) is 6.08 Å². The summed E-state index contributed by atoms with van der Waals surface area (Å²) in [5, 5.41) is 2.17. The van der Waals surface area contributed by atoms with Gasteiger partial charge in [0.25, 0.3) is 11.1 Å². The third kappa shape index (κ3) is 5.76. The number of thioether (sulfide) groups is 1. The van der Waals surface area contributed by atoms with Crippen molar-refractivity contribution in [2.75, 3.05) is 32.7 Å². The Labute approximate surface area is 201 Å². The van der Waals surface area contributed by atoms with E-state index in [1.54, 1.807) is 24.3 Å². The first-order valence-corrected chi connectivity index (χ1v) is 11.0. The predicted molar refractivity (Wildman–Crippen MR) is 128 cm³/mol. The van der Waals surface area contributed by atoms with Gasteiger partial charge < -0.3 is 19.5 Å². The first-order chi connectivity index (χ1) is 16.2. The molecule has 0 aromatic heterocycles. The Kier molecular flexibility index (Phi) is 7.95. The van der Waals surface area contributed by atoms with Crippen molar-refractivity contribution >= 4 is 46.5 Å². The molecule has 3 amide bonds. The van der Waals surface area contributed by atoms with Crippen molar-refractivity contribution in [1.82, 2.24) is 4.90 Å². The van der Waals surface area contributed by atoms with Crippen LogP contribution in [0.15, 0.2) is 41.3 Å². The summed E-state index contributed by atoms with van der Waals surface area (Å²) in [5.41, 5.74) is 2.97. The van der Waals surface area contributed by atoms with Crippen molar-refractivity contribution in [3.8, 4) is 11.5 Å². The van der Waals surface area contributed by atoms with Crippen molar-refractivity contribution in [1.29, 1.82) is 0 Å². The Morgan fingerprint density at radius 2 is 1.88 bits per heavy atom. The van der Waals surface area contributed by atoms with E-state index in [1.807, 2.05) is 26.0 Å². The fourth-order valence-corrected chi connectivity index (χ4v) is 4.05. The fraction of sp³-hybridized carbons (Fsp3) is 0.250. The fourth-order valence-electron chi connectivity index (χ4n) is 3.22. The summed E-state index contributed by atoms with van der Waals surface area (Å²) in [6, 6.07) is 10.5. The van der Waals surface area contributed by atoms with Crippen molar-refractivity contribution in [3.05, 3.63) is 58.0 Å². The molecule has 1 saturated heterocycles. The van der Waals surface area contributed by atoms with Crippen LogP contribution in [0.1, 0.15) is 16.7 Å². The van der Waals surface area contributed by atoms with Crippen molar-refractivity contribution in [2.24, 2.45) is 0 Å². The van der Waals surface area contributed by atoms with E-state index in [0.717, 1.165) is 16.0 Å². The van der Waals surface area contributed by atoms with Gasteiger partial charge in [0.1, 0.15) is 6.54 Å². The van der Waals surface area contributed by atoms with Crippen LogP contribution in [0.2, 0.25) is 0 Å². The lowest BCUT2D eigenvalue weighted by molar-refractivity contribution is -0.143. The number of amides is 3. The van der Waals surface area contributed by atoms with Crippen molar-refractivity contribution < 1.29 is 33.4 Å². The molecule has 1 aliphatic rings. The number of ether oxygens (including phenoxy) is 3. The van der Waals surface area contributed by atoms with Crippen LogP contribution >= 0.6 is 11.8 Å². The molecule has 0 atom stereocenters. The van der Waals surface area contributed by atoms with Crippen LogP contribution in [-0.4, -0.2) is 55.3 Å². The number of hydrogen-bond acceptors (Lipinski definition) is 8. The standard InChI is InChI=1S/C24H24N2O7S/c1-14-8-9-17(15(2)10-14)25-20(27)12-26-23(29)19(34-24(26)30)11-16-6-5-7-18(31-3)22(16)33-13-21(28)32-4/h5-11H,12-13H2,1-4H3,(H,25,27)/b19-11+. The van der Waals surface area contributed by atoms with Crippen LogP contribution in [0.5, 0.6) is 11.5 Å². The Morgan fingerprint density at radius 1 is 1.12 bits per heavy atom. The molecule has 1 aliphatic heterocycles. The van der Waals surface area contributed by atoms with Crippen LogP contribution in [0.4, 0.5) is 10.5 Å².